The van der Waals surface area contributed by atoms with Gasteiger partial charge >= 0.3 is 12.1 Å². The Morgan fingerprint density at radius 3 is 2.26 bits per heavy atom. The van der Waals surface area contributed by atoms with Gasteiger partial charge in [-0.1, -0.05) is 42.8 Å². The molecule has 0 amide bonds. The number of ether oxygens (including phenoxy) is 1. The van der Waals surface area contributed by atoms with Crippen LogP contribution in [-0.4, -0.2) is 31.4 Å². The van der Waals surface area contributed by atoms with Gasteiger partial charge in [0.25, 0.3) is 0 Å². The maximum Gasteiger partial charge on any atom is 0.471 e. The van der Waals surface area contributed by atoms with Crippen LogP contribution in [0.1, 0.15) is 38.1 Å². The van der Waals surface area contributed by atoms with Gasteiger partial charge in [-0.25, -0.2) is 8.42 Å². The first-order chi connectivity index (χ1) is 12.6. The van der Waals surface area contributed by atoms with E-state index in [4.69, 9.17) is 4.74 Å². The van der Waals surface area contributed by atoms with Crippen LogP contribution in [0.3, 0.4) is 0 Å². The summed E-state index contributed by atoms with van der Waals surface area (Å²) in [5.74, 6) is -1.78. The van der Waals surface area contributed by atoms with Crippen LogP contribution in [0.25, 0.3) is 11.4 Å². The first-order valence-electron chi connectivity index (χ1n) is 8.15. The standard InChI is InChI=1S/C16H20F3N3O4S/c1-4-10-15(25-3,22-27(23,24)5-2)12-8-6-11(7-9-12)13-20-14(26-21-13)16(17,18)19/h6-9,22H,4-5,10H2,1-3H3. The molecule has 0 aliphatic rings. The van der Waals surface area contributed by atoms with Crippen molar-refractivity contribution in [2.75, 3.05) is 12.9 Å². The minimum absolute atomic E-state index is 0.122. The molecule has 0 fully saturated rings. The van der Waals surface area contributed by atoms with Crippen LogP contribution in [0.15, 0.2) is 28.8 Å². The molecule has 0 aliphatic carbocycles. The first-order valence-corrected chi connectivity index (χ1v) is 9.80. The second-order valence-corrected chi connectivity index (χ2v) is 7.80. The van der Waals surface area contributed by atoms with Gasteiger partial charge in [-0.2, -0.15) is 22.9 Å². The molecule has 0 saturated heterocycles. The van der Waals surface area contributed by atoms with E-state index in [0.29, 0.717) is 18.4 Å². The summed E-state index contributed by atoms with van der Waals surface area (Å²) < 4.78 is 74.2. The van der Waals surface area contributed by atoms with Crippen LogP contribution in [0.2, 0.25) is 0 Å². The normalized spacial score (nSPS) is 14.9. The van der Waals surface area contributed by atoms with Gasteiger partial charge in [0.2, 0.25) is 15.8 Å². The maximum atomic E-state index is 12.6. The zero-order chi connectivity index (χ0) is 20.3. The third-order valence-electron chi connectivity index (χ3n) is 3.93. The third kappa shape index (κ3) is 4.85. The Hall–Kier alpha value is -1.98. The molecule has 0 bridgehead atoms. The lowest BCUT2D eigenvalue weighted by atomic mass is 9.97. The Morgan fingerprint density at radius 2 is 1.81 bits per heavy atom. The predicted molar refractivity (Wildman–Crippen MR) is 90.9 cm³/mol. The van der Waals surface area contributed by atoms with E-state index >= 15 is 0 Å². The van der Waals surface area contributed by atoms with Gasteiger partial charge < -0.3 is 9.26 Å². The van der Waals surface area contributed by atoms with Crippen molar-refractivity contribution in [2.45, 2.75) is 38.6 Å². The lowest BCUT2D eigenvalue weighted by molar-refractivity contribution is -0.159. The zero-order valence-corrected chi connectivity index (χ0v) is 15.8. The molecule has 7 nitrogen and oxygen atoms in total. The lowest BCUT2D eigenvalue weighted by Gasteiger charge is -2.33. The minimum Gasteiger partial charge on any atom is -0.359 e. The summed E-state index contributed by atoms with van der Waals surface area (Å²) in [6.45, 7) is 3.38. The smallest absolute Gasteiger partial charge is 0.359 e. The molecule has 2 rings (SSSR count). The SMILES string of the molecule is CCCC(NS(=O)(=O)CC)(OC)c1ccc(-c2noc(C(F)(F)F)n2)cc1. The number of alkyl halides is 3. The van der Waals surface area contributed by atoms with E-state index in [1.165, 1.54) is 26.2 Å². The molecule has 1 aromatic carbocycles. The largest absolute Gasteiger partial charge is 0.471 e. The Balaban J connectivity index is 2.38. The molecule has 27 heavy (non-hydrogen) atoms. The fourth-order valence-electron chi connectivity index (χ4n) is 2.54. The number of rotatable bonds is 8. The monoisotopic (exact) mass is 407 g/mol. The molecule has 0 radical (unpaired) electrons. The van der Waals surface area contributed by atoms with Crippen molar-refractivity contribution in [3.63, 3.8) is 0 Å². The van der Waals surface area contributed by atoms with E-state index < -0.39 is 27.8 Å². The van der Waals surface area contributed by atoms with E-state index in [9.17, 15) is 21.6 Å². The number of hydrogen-bond donors (Lipinski definition) is 1. The summed E-state index contributed by atoms with van der Waals surface area (Å²) in [6.07, 6.45) is -3.74. The molecular weight excluding hydrogens is 387 g/mol. The van der Waals surface area contributed by atoms with Crippen LogP contribution in [-0.2, 0) is 26.7 Å². The summed E-state index contributed by atoms with van der Waals surface area (Å²) in [5, 5.41) is 3.33. The lowest BCUT2D eigenvalue weighted by Crippen LogP contribution is -2.47. The molecule has 0 aliphatic heterocycles. The summed E-state index contributed by atoms with van der Waals surface area (Å²) in [7, 11) is -2.19. The number of benzene rings is 1. The Bertz CT molecular complexity index is 866. The highest BCUT2D eigenvalue weighted by Gasteiger charge is 2.39. The molecule has 1 atom stereocenters. The molecule has 1 aromatic heterocycles. The second kappa shape index (κ2) is 7.95. The fraction of sp³-hybridized carbons (Fsp3) is 0.500. The van der Waals surface area contributed by atoms with Crippen molar-refractivity contribution in [1.29, 1.82) is 0 Å². The van der Waals surface area contributed by atoms with Crippen LogP contribution in [0.5, 0.6) is 0 Å². The Morgan fingerprint density at radius 1 is 1.19 bits per heavy atom. The molecule has 1 heterocycles. The Kier molecular flexibility index (Phi) is 6.28. The van der Waals surface area contributed by atoms with E-state index in [2.05, 4.69) is 19.4 Å². The van der Waals surface area contributed by atoms with Gasteiger partial charge in [-0.3, -0.25) is 0 Å². The number of hydrogen-bond acceptors (Lipinski definition) is 6. The number of nitrogens with one attached hydrogen (secondary N) is 1. The molecule has 11 heteroatoms. The fourth-order valence-corrected chi connectivity index (χ4v) is 3.49. The Labute approximate surface area is 155 Å². The van der Waals surface area contributed by atoms with E-state index in [-0.39, 0.29) is 17.1 Å². The van der Waals surface area contributed by atoms with Gasteiger partial charge in [-0.15, -0.1) is 0 Å². The van der Waals surface area contributed by atoms with E-state index in [1.54, 1.807) is 12.1 Å². The average molecular weight is 407 g/mol. The summed E-state index contributed by atoms with van der Waals surface area (Å²) in [4.78, 5) is 3.33. The van der Waals surface area contributed by atoms with Crippen molar-refractivity contribution in [1.82, 2.24) is 14.9 Å². The van der Waals surface area contributed by atoms with Gasteiger partial charge in [0.05, 0.1) is 5.75 Å². The highest BCUT2D eigenvalue weighted by atomic mass is 32.2. The quantitative estimate of drug-likeness (QED) is 0.675. The van der Waals surface area contributed by atoms with Crippen LogP contribution in [0.4, 0.5) is 13.2 Å². The van der Waals surface area contributed by atoms with Crippen molar-refractivity contribution >= 4 is 10.0 Å². The van der Waals surface area contributed by atoms with Gasteiger partial charge in [0.1, 0.15) is 0 Å². The number of aromatic nitrogens is 2. The van der Waals surface area contributed by atoms with Crippen molar-refractivity contribution in [3.8, 4) is 11.4 Å². The topological polar surface area (TPSA) is 94.3 Å². The molecule has 1 unspecified atom stereocenters. The van der Waals surface area contributed by atoms with Crippen molar-refractivity contribution < 1.29 is 30.8 Å². The zero-order valence-electron chi connectivity index (χ0n) is 15.0. The van der Waals surface area contributed by atoms with Crippen LogP contribution < -0.4 is 4.72 Å². The number of methoxy groups -OCH3 is 1. The molecule has 150 valence electrons. The maximum absolute atomic E-state index is 12.6. The average Bonchev–Trinajstić information content (AvgIpc) is 3.12. The number of sulfonamides is 1. The van der Waals surface area contributed by atoms with Gasteiger partial charge in [0.15, 0.2) is 5.72 Å². The highest BCUT2D eigenvalue weighted by molar-refractivity contribution is 7.89. The summed E-state index contributed by atoms with van der Waals surface area (Å²) in [5.41, 5.74) is -0.485. The molecule has 1 N–H and O–H groups in total. The van der Waals surface area contributed by atoms with Crippen LogP contribution >= 0.6 is 0 Å². The van der Waals surface area contributed by atoms with Crippen molar-refractivity contribution in [2.24, 2.45) is 0 Å². The third-order valence-corrected chi connectivity index (χ3v) is 5.33. The highest BCUT2D eigenvalue weighted by Crippen LogP contribution is 2.32. The molecular formula is C16H20F3N3O4S. The van der Waals surface area contributed by atoms with Gasteiger partial charge in [-0.05, 0) is 18.9 Å². The van der Waals surface area contributed by atoms with E-state index in [0.717, 1.165) is 0 Å². The van der Waals surface area contributed by atoms with E-state index in [1.807, 2.05) is 6.92 Å². The number of halogens is 3. The predicted octanol–water partition coefficient (Wildman–Crippen LogP) is 3.29. The first kappa shape index (κ1) is 21.3. The van der Waals surface area contributed by atoms with Crippen LogP contribution in [0, 0.1) is 0 Å². The second-order valence-electron chi connectivity index (χ2n) is 5.78. The summed E-state index contributed by atoms with van der Waals surface area (Å²) in [6, 6.07) is 6.06. The minimum atomic E-state index is -4.73. The van der Waals surface area contributed by atoms with Gasteiger partial charge in [0, 0.05) is 12.7 Å². The summed E-state index contributed by atoms with van der Waals surface area (Å²) >= 11 is 0. The molecule has 0 spiro atoms. The molecule has 0 saturated carbocycles. The van der Waals surface area contributed by atoms with Crippen molar-refractivity contribution in [3.05, 3.63) is 35.7 Å². The molecule has 2 aromatic rings. The number of nitrogens with zero attached hydrogens (tertiary/aromatic N) is 2.